The van der Waals surface area contributed by atoms with Gasteiger partial charge in [-0.05, 0) is 32.6 Å². The molecule has 1 aromatic carbocycles. The number of aryl methyl sites for hydroxylation is 1. The Morgan fingerprint density at radius 3 is 2.43 bits per heavy atom. The molecule has 0 unspecified atom stereocenters. The van der Waals surface area contributed by atoms with E-state index < -0.39 is 0 Å². The summed E-state index contributed by atoms with van der Waals surface area (Å²) in [7, 11) is 2.14. The molecule has 2 heteroatoms. The monoisotopic (exact) mass is 192 g/mol. The second kappa shape index (κ2) is 5.66. The van der Waals surface area contributed by atoms with Crippen LogP contribution in [0.5, 0.6) is 0 Å². The van der Waals surface area contributed by atoms with Crippen molar-refractivity contribution in [2.24, 2.45) is 0 Å². The summed E-state index contributed by atoms with van der Waals surface area (Å²) < 4.78 is 0. The highest BCUT2D eigenvalue weighted by atomic mass is 15.1. The number of nitrogens with one attached hydrogen (secondary N) is 1. The first kappa shape index (κ1) is 11.1. The van der Waals surface area contributed by atoms with E-state index in [1.807, 2.05) is 0 Å². The summed E-state index contributed by atoms with van der Waals surface area (Å²) in [6, 6.07) is 8.51. The topological polar surface area (TPSA) is 15.3 Å². The van der Waals surface area contributed by atoms with Crippen molar-refractivity contribution in [3.8, 4) is 0 Å². The summed E-state index contributed by atoms with van der Waals surface area (Å²) in [6.45, 7) is 7.48. The Balaban J connectivity index is 2.28. The molecule has 0 atom stereocenters. The lowest BCUT2D eigenvalue weighted by Crippen LogP contribution is -2.24. The van der Waals surface area contributed by atoms with E-state index in [4.69, 9.17) is 0 Å². The molecule has 0 aliphatic rings. The van der Waals surface area contributed by atoms with E-state index >= 15 is 0 Å². The average molecular weight is 192 g/mol. The molecule has 0 spiro atoms. The zero-order valence-corrected chi connectivity index (χ0v) is 9.38. The van der Waals surface area contributed by atoms with Crippen molar-refractivity contribution in [3.05, 3.63) is 29.8 Å². The SMILES string of the molecule is CCN(C)CCNc1ccc(C)cc1. The fraction of sp³-hybridized carbons (Fsp3) is 0.500. The van der Waals surface area contributed by atoms with Crippen LogP contribution in [0.3, 0.4) is 0 Å². The van der Waals surface area contributed by atoms with E-state index in [0.717, 1.165) is 19.6 Å². The van der Waals surface area contributed by atoms with Gasteiger partial charge >= 0.3 is 0 Å². The molecule has 14 heavy (non-hydrogen) atoms. The molecule has 1 rings (SSSR count). The molecule has 0 aromatic heterocycles. The number of anilines is 1. The zero-order chi connectivity index (χ0) is 10.4. The van der Waals surface area contributed by atoms with Crippen LogP contribution in [0.15, 0.2) is 24.3 Å². The molecule has 0 bridgehead atoms. The largest absolute Gasteiger partial charge is 0.384 e. The van der Waals surface area contributed by atoms with E-state index in [0.29, 0.717) is 0 Å². The lowest BCUT2D eigenvalue weighted by atomic mass is 10.2. The second-order valence-corrected chi connectivity index (χ2v) is 3.69. The molecule has 0 saturated carbocycles. The standard InChI is InChI=1S/C12H20N2/c1-4-14(3)10-9-13-12-7-5-11(2)6-8-12/h5-8,13H,4,9-10H2,1-3H3. The summed E-state index contributed by atoms with van der Waals surface area (Å²) in [5.41, 5.74) is 2.52. The van der Waals surface area contributed by atoms with Crippen molar-refractivity contribution >= 4 is 5.69 Å². The van der Waals surface area contributed by atoms with Crippen molar-refractivity contribution in [1.82, 2.24) is 4.90 Å². The van der Waals surface area contributed by atoms with E-state index in [1.165, 1.54) is 11.3 Å². The third-order valence-electron chi connectivity index (χ3n) is 2.41. The third kappa shape index (κ3) is 3.79. The van der Waals surface area contributed by atoms with Gasteiger partial charge in [-0.1, -0.05) is 24.6 Å². The molecule has 0 saturated heterocycles. The normalized spacial score (nSPS) is 10.6. The quantitative estimate of drug-likeness (QED) is 0.770. The number of hydrogen-bond acceptors (Lipinski definition) is 2. The van der Waals surface area contributed by atoms with Gasteiger partial charge in [0.05, 0.1) is 0 Å². The number of likely N-dealkylation sites (N-methyl/N-ethyl adjacent to an activating group) is 1. The van der Waals surface area contributed by atoms with Crippen LogP contribution in [0.1, 0.15) is 12.5 Å². The van der Waals surface area contributed by atoms with Gasteiger partial charge in [0.1, 0.15) is 0 Å². The van der Waals surface area contributed by atoms with Gasteiger partial charge in [-0.3, -0.25) is 0 Å². The van der Waals surface area contributed by atoms with Crippen LogP contribution in [0.2, 0.25) is 0 Å². The van der Waals surface area contributed by atoms with Crippen LogP contribution >= 0.6 is 0 Å². The minimum atomic E-state index is 1.01. The summed E-state index contributed by atoms with van der Waals surface area (Å²) >= 11 is 0. The second-order valence-electron chi connectivity index (χ2n) is 3.69. The molecule has 1 aromatic rings. The van der Waals surface area contributed by atoms with Crippen LogP contribution in [0.25, 0.3) is 0 Å². The average Bonchev–Trinajstić information content (AvgIpc) is 2.21. The maximum absolute atomic E-state index is 3.40. The van der Waals surface area contributed by atoms with E-state index in [2.05, 4.69) is 55.4 Å². The van der Waals surface area contributed by atoms with Gasteiger partial charge in [0.25, 0.3) is 0 Å². The number of nitrogens with zero attached hydrogens (tertiary/aromatic N) is 1. The van der Waals surface area contributed by atoms with E-state index in [-0.39, 0.29) is 0 Å². The maximum atomic E-state index is 3.40. The lowest BCUT2D eigenvalue weighted by molar-refractivity contribution is 0.367. The number of benzene rings is 1. The Hall–Kier alpha value is -1.02. The molecule has 0 amide bonds. The van der Waals surface area contributed by atoms with E-state index in [9.17, 15) is 0 Å². The van der Waals surface area contributed by atoms with Crippen LogP contribution in [-0.2, 0) is 0 Å². The Morgan fingerprint density at radius 2 is 1.86 bits per heavy atom. The van der Waals surface area contributed by atoms with Crippen molar-refractivity contribution in [1.29, 1.82) is 0 Å². The van der Waals surface area contributed by atoms with Gasteiger partial charge in [0.2, 0.25) is 0 Å². The van der Waals surface area contributed by atoms with Crippen molar-refractivity contribution in [2.75, 3.05) is 32.0 Å². The summed E-state index contributed by atoms with van der Waals surface area (Å²) in [4.78, 5) is 2.29. The molecule has 0 heterocycles. The van der Waals surface area contributed by atoms with Gasteiger partial charge < -0.3 is 10.2 Å². The Bertz CT molecular complexity index is 254. The van der Waals surface area contributed by atoms with Crippen LogP contribution in [-0.4, -0.2) is 31.6 Å². The Labute approximate surface area is 86.9 Å². The fourth-order valence-electron chi connectivity index (χ4n) is 1.22. The first-order valence-corrected chi connectivity index (χ1v) is 5.21. The maximum Gasteiger partial charge on any atom is 0.0340 e. The summed E-state index contributed by atoms with van der Waals surface area (Å²) in [6.07, 6.45) is 0. The fourth-order valence-corrected chi connectivity index (χ4v) is 1.22. The highest BCUT2D eigenvalue weighted by Gasteiger charge is 1.94. The molecule has 0 radical (unpaired) electrons. The smallest absolute Gasteiger partial charge is 0.0340 e. The zero-order valence-electron chi connectivity index (χ0n) is 9.38. The first-order valence-electron chi connectivity index (χ1n) is 5.21. The predicted molar refractivity (Wildman–Crippen MR) is 62.8 cm³/mol. The van der Waals surface area contributed by atoms with Gasteiger partial charge in [-0.25, -0.2) is 0 Å². The predicted octanol–water partition coefficient (Wildman–Crippen LogP) is 2.36. The van der Waals surface area contributed by atoms with E-state index in [1.54, 1.807) is 0 Å². The van der Waals surface area contributed by atoms with Crippen molar-refractivity contribution in [3.63, 3.8) is 0 Å². The molecule has 1 N–H and O–H groups in total. The molecule has 0 aliphatic carbocycles. The summed E-state index contributed by atoms with van der Waals surface area (Å²) in [5, 5.41) is 3.40. The van der Waals surface area contributed by atoms with Gasteiger partial charge in [-0.15, -0.1) is 0 Å². The minimum absolute atomic E-state index is 1.01. The van der Waals surface area contributed by atoms with Crippen LogP contribution < -0.4 is 5.32 Å². The van der Waals surface area contributed by atoms with Gasteiger partial charge in [0, 0.05) is 18.8 Å². The number of hydrogen-bond donors (Lipinski definition) is 1. The first-order chi connectivity index (χ1) is 6.72. The van der Waals surface area contributed by atoms with Gasteiger partial charge in [-0.2, -0.15) is 0 Å². The summed E-state index contributed by atoms with van der Waals surface area (Å²) in [5.74, 6) is 0. The third-order valence-corrected chi connectivity index (χ3v) is 2.41. The molecular formula is C12H20N2. The lowest BCUT2D eigenvalue weighted by Gasteiger charge is -2.14. The Morgan fingerprint density at radius 1 is 1.21 bits per heavy atom. The molecule has 0 aliphatic heterocycles. The van der Waals surface area contributed by atoms with Crippen molar-refractivity contribution in [2.45, 2.75) is 13.8 Å². The highest BCUT2D eigenvalue weighted by Crippen LogP contribution is 2.07. The van der Waals surface area contributed by atoms with Crippen LogP contribution in [0, 0.1) is 6.92 Å². The molecular weight excluding hydrogens is 172 g/mol. The number of rotatable bonds is 5. The molecule has 0 fully saturated rings. The van der Waals surface area contributed by atoms with Crippen molar-refractivity contribution < 1.29 is 0 Å². The molecule has 2 nitrogen and oxygen atoms in total. The molecule has 78 valence electrons. The van der Waals surface area contributed by atoms with Crippen LogP contribution in [0.4, 0.5) is 5.69 Å². The minimum Gasteiger partial charge on any atom is -0.384 e. The Kier molecular flexibility index (Phi) is 4.47. The van der Waals surface area contributed by atoms with Gasteiger partial charge in [0.15, 0.2) is 0 Å². The highest BCUT2D eigenvalue weighted by molar-refractivity contribution is 5.44.